The Labute approximate surface area is 108 Å². The molecule has 1 aromatic rings. The summed E-state index contributed by atoms with van der Waals surface area (Å²) in [5, 5.41) is 0. The molecular formula is C11H13BrN2O3. The van der Waals surface area contributed by atoms with Gasteiger partial charge in [-0.2, -0.15) is 0 Å². The predicted molar refractivity (Wildman–Crippen MR) is 67.4 cm³/mol. The summed E-state index contributed by atoms with van der Waals surface area (Å²) >= 11 is 3.35. The first-order chi connectivity index (χ1) is 8.15. The summed E-state index contributed by atoms with van der Waals surface area (Å²) in [6.07, 6.45) is -0.642. The summed E-state index contributed by atoms with van der Waals surface area (Å²) in [5.74, 6) is 0.619. The molecule has 1 amide bonds. The number of carbonyl (C=O) groups is 1. The number of benzene rings is 1. The van der Waals surface area contributed by atoms with Crippen molar-refractivity contribution in [2.45, 2.75) is 6.10 Å². The molecule has 1 saturated heterocycles. The number of carbonyl (C=O) groups excluding carboxylic acids is 1. The van der Waals surface area contributed by atoms with Gasteiger partial charge in [-0.1, -0.05) is 15.9 Å². The summed E-state index contributed by atoms with van der Waals surface area (Å²) in [4.78, 5) is 13.2. The number of hydrogen-bond acceptors (Lipinski definition) is 4. The number of hydrogen-bond donors (Lipinski definition) is 1. The van der Waals surface area contributed by atoms with Gasteiger partial charge in [0.25, 0.3) is 0 Å². The van der Waals surface area contributed by atoms with Crippen LogP contribution in [0.2, 0.25) is 0 Å². The highest BCUT2D eigenvalue weighted by molar-refractivity contribution is 9.10. The number of halogens is 1. The molecule has 0 saturated carbocycles. The first-order valence-corrected chi connectivity index (χ1v) is 5.96. The van der Waals surface area contributed by atoms with Crippen LogP contribution in [0.4, 0.5) is 10.5 Å². The minimum Gasteiger partial charge on any atom is -0.495 e. The van der Waals surface area contributed by atoms with Gasteiger partial charge in [0.05, 0.1) is 19.3 Å². The lowest BCUT2D eigenvalue weighted by molar-refractivity contribution is 0.145. The van der Waals surface area contributed by atoms with Crippen molar-refractivity contribution in [1.29, 1.82) is 0 Å². The van der Waals surface area contributed by atoms with E-state index in [-0.39, 0.29) is 12.2 Å². The van der Waals surface area contributed by atoms with E-state index in [1.807, 2.05) is 12.1 Å². The van der Waals surface area contributed by atoms with Gasteiger partial charge in [0.2, 0.25) is 0 Å². The van der Waals surface area contributed by atoms with Gasteiger partial charge >= 0.3 is 6.09 Å². The van der Waals surface area contributed by atoms with Crippen LogP contribution in [-0.2, 0) is 4.74 Å². The molecule has 0 bridgehead atoms. The van der Waals surface area contributed by atoms with E-state index in [2.05, 4.69) is 15.9 Å². The van der Waals surface area contributed by atoms with Crippen LogP contribution in [-0.4, -0.2) is 32.4 Å². The van der Waals surface area contributed by atoms with Gasteiger partial charge in [-0.25, -0.2) is 4.79 Å². The summed E-state index contributed by atoms with van der Waals surface area (Å²) in [6.45, 7) is 0.772. The fraction of sp³-hybridized carbons (Fsp3) is 0.364. The minimum absolute atomic E-state index is 0.254. The molecule has 1 heterocycles. The largest absolute Gasteiger partial charge is 0.495 e. The highest BCUT2D eigenvalue weighted by Crippen LogP contribution is 2.33. The van der Waals surface area contributed by atoms with Crippen molar-refractivity contribution in [3.05, 3.63) is 22.7 Å². The number of anilines is 1. The van der Waals surface area contributed by atoms with Crippen LogP contribution < -0.4 is 15.4 Å². The van der Waals surface area contributed by atoms with Crippen molar-refractivity contribution in [2.24, 2.45) is 5.73 Å². The third kappa shape index (κ3) is 2.37. The molecule has 5 nitrogen and oxygen atoms in total. The Balaban J connectivity index is 2.31. The molecule has 0 spiro atoms. The molecular weight excluding hydrogens is 288 g/mol. The Bertz CT molecular complexity index is 439. The molecule has 2 N–H and O–H groups in total. The topological polar surface area (TPSA) is 64.8 Å². The SMILES string of the molecule is COc1cc(Br)ccc1N1CC(CN)OC1=O. The maximum Gasteiger partial charge on any atom is 0.414 e. The van der Waals surface area contributed by atoms with Crippen LogP contribution in [0.1, 0.15) is 0 Å². The lowest BCUT2D eigenvalue weighted by atomic mass is 10.2. The fourth-order valence-electron chi connectivity index (χ4n) is 1.72. The van der Waals surface area contributed by atoms with Gasteiger partial charge in [-0.3, -0.25) is 4.90 Å². The second-order valence-corrected chi connectivity index (χ2v) is 4.58. The molecule has 6 heteroatoms. The third-order valence-electron chi connectivity index (χ3n) is 2.57. The van der Waals surface area contributed by atoms with Gasteiger partial charge < -0.3 is 15.2 Å². The van der Waals surface area contributed by atoms with Crippen LogP contribution in [0.15, 0.2) is 22.7 Å². The highest BCUT2D eigenvalue weighted by Gasteiger charge is 2.32. The van der Waals surface area contributed by atoms with Gasteiger partial charge in [0.15, 0.2) is 0 Å². The molecule has 2 rings (SSSR count). The van der Waals surface area contributed by atoms with E-state index in [9.17, 15) is 4.79 Å². The Kier molecular flexibility index (Phi) is 3.54. The Morgan fingerprint density at radius 2 is 2.41 bits per heavy atom. The van der Waals surface area contributed by atoms with Gasteiger partial charge in [0, 0.05) is 11.0 Å². The van der Waals surface area contributed by atoms with Crippen LogP contribution in [0.25, 0.3) is 0 Å². The smallest absolute Gasteiger partial charge is 0.414 e. The maximum atomic E-state index is 11.7. The van der Waals surface area contributed by atoms with Crippen molar-refractivity contribution < 1.29 is 14.3 Å². The van der Waals surface area contributed by atoms with E-state index in [1.54, 1.807) is 13.2 Å². The van der Waals surface area contributed by atoms with Crippen LogP contribution >= 0.6 is 15.9 Å². The van der Waals surface area contributed by atoms with Crippen molar-refractivity contribution in [3.63, 3.8) is 0 Å². The van der Waals surface area contributed by atoms with Gasteiger partial charge in [-0.15, -0.1) is 0 Å². The summed E-state index contributed by atoms with van der Waals surface area (Å²) in [7, 11) is 1.56. The summed E-state index contributed by atoms with van der Waals surface area (Å²) in [6, 6.07) is 5.46. The molecule has 1 unspecified atom stereocenters. The van der Waals surface area contributed by atoms with Gasteiger partial charge in [0.1, 0.15) is 11.9 Å². The van der Waals surface area contributed by atoms with E-state index in [4.69, 9.17) is 15.2 Å². The Morgan fingerprint density at radius 3 is 3.00 bits per heavy atom. The lowest BCUT2D eigenvalue weighted by Gasteiger charge is -2.16. The molecule has 0 aromatic heterocycles. The lowest BCUT2D eigenvalue weighted by Crippen LogP contribution is -2.27. The third-order valence-corrected chi connectivity index (χ3v) is 3.06. The van der Waals surface area contributed by atoms with Crippen molar-refractivity contribution in [3.8, 4) is 5.75 Å². The molecule has 17 heavy (non-hydrogen) atoms. The molecule has 92 valence electrons. The highest BCUT2D eigenvalue weighted by atomic mass is 79.9. The number of nitrogens with zero attached hydrogens (tertiary/aromatic N) is 1. The number of ether oxygens (including phenoxy) is 2. The van der Waals surface area contributed by atoms with Crippen LogP contribution in [0.5, 0.6) is 5.75 Å². The van der Waals surface area contributed by atoms with E-state index < -0.39 is 0 Å². The number of cyclic esters (lactones) is 1. The monoisotopic (exact) mass is 300 g/mol. The molecule has 1 aliphatic heterocycles. The van der Waals surface area contributed by atoms with E-state index in [1.165, 1.54) is 4.90 Å². The first kappa shape index (κ1) is 12.2. The maximum absolute atomic E-state index is 11.7. The average Bonchev–Trinajstić information content (AvgIpc) is 2.70. The second kappa shape index (κ2) is 4.93. The molecule has 1 aromatic carbocycles. The number of nitrogens with two attached hydrogens (primary N) is 1. The normalized spacial score (nSPS) is 19.4. The number of methoxy groups -OCH3 is 1. The fourth-order valence-corrected chi connectivity index (χ4v) is 2.06. The molecule has 1 atom stereocenters. The van der Waals surface area contributed by atoms with E-state index >= 15 is 0 Å². The number of amides is 1. The Morgan fingerprint density at radius 1 is 1.65 bits per heavy atom. The summed E-state index contributed by atoms with van der Waals surface area (Å²) in [5.41, 5.74) is 6.18. The number of rotatable bonds is 3. The molecule has 1 fully saturated rings. The van der Waals surface area contributed by atoms with Crippen LogP contribution in [0.3, 0.4) is 0 Å². The second-order valence-electron chi connectivity index (χ2n) is 3.67. The zero-order valence-corrected chi connectivity index (χ0v) is 10.9. The van der Waals surface area contributed by atoms with E-state index in [0.29, 0.717) is 24.5 Å². The van der Waals surface area contributed by atoms with Crippen molar-refractivity contribution >= 4 is 27.7 Å². The zero-order valence-electron chi connectivity index (χ0n) is 9.35. The van der Waals surface area contributed by atoms with E-state index in [0.717, 1.165) is 4.47 Å². The van der Waals surface area contributed by atoms with Gasteiger partial charge in [-0.05, 0) is 18.2 Å². The zero-order chi connectivity index (χ0) is 12.4. The van der Waals surface area contributed by atoms with Crippen LogP contribution in [0, 0.1) is 0 Å². The molecule has 0 radical (unpaired) electrons. The van der Waals surface area contributed by atoms with Crippen molar-refractivity contribution in [2.75, 3.05) is 25.1 Å². The first-order valence-electron chi connectivity index (χ1n) is 5.17. The minimum atomic E-state index is -0.388. The predicted octanol–water partition coefficient (Wildman–Crippen LogP) is 1.74. The summed E-state index contributed by atoms with van der Waals surface area (Å²) < 4.78 is 11.2. The molecule has 1 aliphatic rings. The molecule has 0 aliphatic carbocycles. The standard InChI is InChI=1S/C11H13BrN2O3/c1-16-10-4-7(12)2-3-9(10)14-6-8(5-13)17-11(14)15/h2-4,8H,5-6,13H2,1H3. The Hall–Kier alpha value is -1.27. The van der Waals surface area contributed by atoms with Crippen molar-refractivity contribution in [1.82, 2.24) is 0 Å². The average molecular weight is 301 g/mol. The quantitative estimate of drug-likeness (QED) is 0.923.